The molecule has 2 aromatic carbocycles. The molecule has 1 N–H and O–H groups in total. The van der Waals surface area contributed by atoms with Crippen LogP contribution in [0.5, 0.6) is 11.8 Å². The largest absolute Gasteiger partial charge is 0.485 e. The summed E-state index contributed by atoms with van der Waals surface area (Å²) in [4.78, 5) is 28.4. The number of fused-ring (bicyclic) bond motifs is 2. The maximum Gasteiger partial charge on any atom is 0.319 e. The fourth-order valence-electron chi connectivity index (χ4n) is 7.49. The van der Waals surface area contributed by atoms with Crippen molar-refractivity contribution in [3.63, 3.8) is 0 Å². The van der Waals surface area contributed by atoms with Gasteiger partial charge >= 0.3 is 6.01 Å². The van der Waals surface area contributed by atoms with Gasteiger partial charge in [-0.2, -0.15) is 15.1 Å². The molecule has 0 bridgehead atoms. The third kappa shape index (κ3) is 5.86. The molecule has 48 heavy (non-hydrogen) atoms. The van der Waals surface area contributed by atoms with E-state index in [2.05, 4.69) is 40.2 Å². The lowest BCUT2D eigenvalue weighted by Gasteiger charge is -2.54. The van der Waals surface area contributed by atoms with Crippen LogP contribution >= 0.6 is 0 Å². The average molecular weight is 658 g/mol. The summed E-state index contributed by atoms with van der Waals surface area (Å²) in [7, 11) is 2.09. The molecule has 0 aliphatic carbocycles. The third-order valence-corrected chi connectivity index (χ3v) is 10.2. The molecule has 252 valence electrons. The molecule has 5 heterocycles. The number of rotatable bonds is 9. The topological polar surface area (TPSA) is 99.7 Å². The van der Waals surface area contributed by atoms with Gasteiger partial charge in [0.05, 0.1) is 11.7 Å². The van der Waals surface area contributed by atoms with E-state index in [4.69, 9.17) is 19.4 Å². The highest BCUT2D eigenvalue weighted by molar-refractivity contribution is 6.07. The van der Waals surface area contributed by atoms with Crippen molar-refractivity contribution < 1.29 is 23.0 Å². The second-order valence-corrected chi connectivity index (χ2v) is 13.4. The molecule has 2 aromatic heterocycles. The van der Waals surface area contributed by atoms with Crippen LogP contribution in [0.1, 0.15) is 36.8 Å². The number of carbonyl (C=O) groups is 1. The van der Waals surface area contributed by atoms with Gasteiger partial charge in [0, 0.05) is 61.0 Å². The number of piperidine rings is 2. The van der Waals surface area contributed by atoms with E-state index in [0.717, 1.165) is 73.9 Å². The highest BCUT2D eigenvalue weighted by Crippen LogP contribution is 2.47. The van der Waals surface area contributed by atoms with E-state index in [1.54, 1.807) is 12.3 Å². The number of likely N-dealkylation sites (tertiary alicyclic amines) is 2. The van der Waals surface area contributed by atoms with E-state index >= 15 is 0 Å². The predicted octanol–water partition coefficient (Wildman–Crippen LogP) is 5.86. The van der Waals surface area contributed by atoms with Crippen molar-refractivity contribution in [3.05, 3.63) is 54.8 Å². The number of aromatic nitrogens is 4. The number of amides is 1. The Morgan fingerprint density at radius 3 is 2.54 bits per heavy atom. The molecule has 1 amide bonds. The molecule has 0 atom stereocenters. The summed E-state index contributed by atoms with van der Waals surface area (Å²) in [5.41, 5.74) is 4.36. The number of nitrogens with zero attached hydrogens (tertiary/aromatic N) is 6. The van der Waals surface area contributed by atoms with Gasteiger partial charge in [0.1, 0.15) is 24.0 Å². The molecule has 7 rings (SSSR count). The molecule has 0 radical (unpaired) electrons. The first-order valence-electron chi connectivity index (χ1n) is 16.6. The molecule has 3 aliphatic heterocycles. The number of hydrogen-bond acceptors (Lipinski definition) is 8. The second-order valence-electron chi connectivity index (χ2n) is 13.4. The number of H-pyrrole nitrogens is 1. The minimum absolute atomic E-state index is 0.0361. The number of ether oxygens (including phenoxy) is 2. The van der Waals surface area contributed by atoms with Crippen molar-refractivity contribution >= 4 is 39.6 Å². The molecule has 0 saturated carbocycles. The smallest absolute Gasteiger partial charge is 0.319 e. The van der Waals surface area contributed by atoms with Crippen molar-refractivity contribution in [1.82, 2.24) is 30.0 Å². The molecule has 0 unspecified atom stereocenters. The Bertz CT molecular complexity index is 1870. The quantitative estimate of drug-likeness (QED) is 0.224. The number of hydrogen-bond donors (Lipinski definition) is 1. The second kappa shape index (κ2) is 12.8. The van der Waals surface area contributed by atoms with Gasteiger partial charge in [-0.05, 0) is 74.6 Å². The number of carbonyl (C=O) groups excluding carboxylic acids is 1. The maximum atomic E-state index is 13.9. The van der Waals surface area contributed by atoms with Crippen molar-refractivity contribution in [2.45, 2.75) is 45.1 Å². The van der Waals surface area contributed by atoms with Gasteiger partial charge in [-0.1, -0.05) is 25.3 Å². The van der Waals surface area contributed by atoms with Crippen molar-refractivity contribution in [2.24, 2.45) is 5.41 Å². The zero-order chi connectivity index (χ0) is 33.6. The number of halogens is 2. The van der Waals surface area contributed by atoms with Crippen LogP contribution in [0.25, 0.3) is 39.0 Å². The molecule has 3 fully saturated rings. The van der Waals surface area contributed by atoms with Gasteiger partial charge in [0.15, 0.2) is 5.75 Å². The highest BCUT2D eigenvalue weighted by atomic mass is 19.3. The van der Waals surface area contributed by atoms with Crippen LogP contribution in [-0.2, 0) is 4.79 Å². The van der Waals surface area contributed by atoms with Crippen molar-refractivity contribution in [3.8, 4) is 22.9 Å². The molecule has 3 aliphatic rings. The van der Waals surface area contributed by atoms with Gasteiger partial charge < -0.3 is 24.2 Å². The number of aromatic amines is 1. The van der Waals surface area contributed by atoms with Crippen molar-refractivity contribution in [2.75, 3.05) is 57.8 Å². The van der Waals surface area contributed by atoms with Crippen LogP contribution < -0.4 is 14.4 Å². The number of anilines is 1. The molecular weight excluding hydrogens is 616 g/mol. The summed E-state index contributed by atoms with van der Waals surface area (Å²) in [5, 5.41) is 8.79. The zero-order valence-corrected chi connectivity index (χ0v) is 27.5. The average Bonchev–Trinajstić information content (AvgIpc) is 3.55. The lowest BCUT2D eigenvalue weighted by atomic mass is 9.72. The maximum absolute atomic E-state index is 13.9. The number of nitrogens with one attached hydrogen (secondary N) is 1. The lowest BCUT2D eigenvalue weighted by molar-refractivity contribution is -0.139. The van der Waals surface area contributed by atoms with E-state index in [0.29, 0.717) is 40.9 Å². The Kier molecular flexibility index (Phi) is 8.53. The Balaban J connectivity index is 1.37. The minimum Gasteiger partial charge on any atom is -0.485 e. The molecule has 10 nitrogen and oxygen atoms in total. The Hall–Kier alpha value is -4.58. The van der Waals surface area contributed by atoms with Crippen LogP contribution in [-0.4, -0.2) is 101 Å². The summed E-state index contributed by atoms with van der Waals surface area (Å²) in [5.74, 6) is 0.874. The van der Waals surface area contributed by atoms with Crippen LogP contribution in [0.3, 0.4) is 0 Å². The number of alkyl halides is 2. The standard InChI is InChI=1S/C36H41F2N7O3/c1-5-23-17-25-32(33(47-19-28(37)38)31(23)30-22(3)7-8-27-26(30)18-39-42-27)40-35(48-24-9-13-43(4)14-10-24)41-34(25)44-15-11-36(12-16-44)20-45(21-36)29(46)6-2/h5-8,17-18,24,28H,1-2,9-16,19-21H2,3-4H3,(H,39,42). The molecule has 3 saturated heterocycles. The third-order valence-electron chi connectivity index (χ3n) is 10.2. The van der Waals surface area contributed by atoms with Crippen molar-refractivity contribution in [1.29, 1.82) is 0 Å². The monoisotopic (exact) mass is 657 g/mol. The SMILES string of the molecule is C=CC(=O)N1CC2(CCN(c3nc(OC4CCN(C)CC4)nc4c(OCC(F)F)c(-c5c(C)ccc6[nH]ncc56)c(C=C)cc34)CC2)C1. The summed E-state index contributed by atoms with van der Waals surface area (Å²) < 4.78 is 40.2. The van der Waals surface area contributed by atoms with Gasteiger partial charge in [-0.15, -0.1) is 0 Å². The Morgan fingerprint density at radius 2 is 1.85 bits per heavy atom. The van der Waals surface area contributed by atoms with Gasteiger partial charge in [0.25, 0.3) is 6.43 Å². The summed E-state index contributed by atoms with van der Waals surface area (Å²) in [6.45, 7) is 13.6. The van der Waals surface area contributed by atoms with E-state index < -0.39 is 13.0 Å². The van der Waals surface area contributed by atoms with E-state index in [1.807, 2.05) is 30.0 Å². The zero-order valence-electron chi connectivity index (χ0n) is 27.5. The van der Waals surface area contributed by atoms with Crippen LogP contribution in [0, 0.1) is 12.3 Å². The number of benzene rings is 2. The van der Waals surface area contributed by atoms with Crippen LogP contribution in [0.2, 0.25) is 0 Å². The summed E-state index contributed by atoms with van der Waals surface area (Å²) in [6, 6.07) is 6.10. The van der Waals surface area contributed by atoms with Gasteiger partial charge in [-0.25, -0.2) is 8.78 Å². The molecule has 1 spiro atoms. The van der Waals surface area contributed by atoms with E-state index in [1.165, 1.54) is 6.08 Å². The molecule has 4 aromatic rings. The Labute approximate surface area is 278 Å². The van der Waals surface area contributed by atoms with Gasteiger partial charge in [0.2, 0.25) is 5.91 Å². The first kappa shape index (κ1) is 32.0. The van der Waals surface area contributed by atoms with Crippen LogP contribution in [0.4, 0.5) is 14.6 Å². The normalized spacial score (nSPS) is 18.4. The first-order valence-corrected chi connectivity index (χ1v) is 16.6. The molecular formula is C36H41F2N7O3. The fraction of sp³-hybridized carbons (Fsp3) is 0.444. The van der Waals surface area contributed by atoms with E-state index in [9.17, 15) is 13.6 Å². The molecule has 12 heteroatoms. The summed E-state index contributed by atoms with van der Waals surface area (Å²) in [6.07, 6.45) is 5.48. The first-order chi connectivity index (χ1) is 23.2. The Morgan fingerprint density at radius 1 is 1.10 bits per heavy atom. The highest BCUT2D eigenvalue weighted by Gasteiger charge is 2.46. The van der Waals surface area contributed by atoms with Crippen LogP contribution in [0.15, 0.2) is 43.6 Å². The lowest BCUT2D eigenvalue weighted by Crippen LogP contribution is -2.61. The van der Waals surface area contributed by atoms with Gasteiger partial charge in [-0.3, -0.25) is 9.89 Å². The van der Waals surface area contributed by atoms with E-state index in [-0.39, 0.29) is 29.2 Å². The number of aryl methyl sites for hydroxylation is 1. The summed E-state index contributed by atoms with van der Waals surface area (Å²) >= 11 is 0. The minimum atomic E-state index is -2.70. The predicted molar refractivity (Wildman–Crippen MR) is 183 cm³/mol. The fourth-order valence-corrected chi connectivity index (χ4v) is 7.49.